The number of phenols is 2. The number of aromatic hydroxyl groups is 2. The van der Waals surface area contributed by atoms with Gasteiger partial charge in [-0.1, -0.05) is 6.07 Å². The van der Waals surface area contributed by atoms with E-state index in [-0.39, 0.29) is 23.6 Å². The molecular weight excluding hydrogens is 290 g/mol. The van der Waals surface area contributed by atoms with Gasteiger partial charge in [-0.3, -0.25) is 9.59 Å². The molecule has 0 aliphatic rings. The zero-order valence-electron chi connectivity index (χ0n) is 11.3. The van der Waals surface area contributed by atoms with Gasteiger partial charge in [-0.2, -0.15) is 5.10 Å². The van der Waals surface area contributed by atoms with Gasteiger partial charge in [-0.05, 0) is 24.3 Å². The fraction of sp³-hybridized carbons (Fsp3) is 0.0714. The fourth-order valence-corrected chi connectivity index (χ4v) is 1.52. The van der Waals surface area contributed by atoms with Crippen molar-refractivity contribution in [2.75, 3.05) is 0 Å². The molecule has 22 heavy (non-hydrogen) atoms. The third-order valence-corrected chi connectivity index (χ3v) is 2.63. The number of carbonyl (C=O) groups is 2. The molecule has 0 radical (unpaired) electrons. The van der Waals surface area contributed by atoms with Crippen molar-refractivity contribution in [2.24, 2.45) is 5.10 Å². The first-order valence-electron chi connectivity index (χ1n) is 6.22. The van der Waals surface area contributed by atoms with E-state index in [2.05, 4.69) is 10.4 Å². The molecule has 0 unspecified atom stereocenters. The summed E-state index contributed by atoms with van der Waals surface area (Å²) in [6.45, 7) is 0.0797. The lowest BCUT2D eigenvalue weighted by Crippen LogP contribution is -2.37. The van der Waals surface area contributed by atoms with Crippen LogP contribution in [0.3, 0.4) is 0 Å². The van der Waals surface area contributed by atoms with Gasteiger partial charge in [-0.15, -0.1) is 0 Å². The molecule has 4 N–H and O–H groups in total. The quantitative estimate of drug-likeness (QED) is 0.283. The topological polar surface area (TPSA) is 124 Å². The van der Waals surface area contributed by atoms with Gasteiger partial charge in [0.05, 0.1) is 19.0 Å². The van der Waals surface area contributed by atoms with Gasteiger partial charge in [0.25, 0.3) is 0 Å². The molecule has 0 atom stereocenters. The summed E-state index contributed by atoms with van der Waals surface area (Å²) in [5, 5.41) is 24.7. The predicted molar refractivity (Wildman–Crippen MR) is 76.1 cm³/mol. The number of phenolic OH excluding ortho intramolecular Hbond substituents is 2. The molecule has 8 nitrogen and oxygen atoms in total. The maximum absolute atomic E-state index is 11.5. The Morgan fingerprint density at radius 2 is 2.00 bits per heavy atom. The summed E-state index contributed by atoms with van der Waals surface area (Å²) in [4.78, 5) is 22.9. The molecule has 0 saturated heterocycles. The minimum absolute atomic E-state index is 0.0797. The minimum Gasteiger partial charge on any atom is -0.504 e. The number of carbonyl (C=O) groups excluding carboxylic acids is 2. The Labute approximate surface area is 125 Å². The van der Waals surface area contributed by atoms with E-state index in [1.807, 2.05) is 5.43 Å². The molecule has 1 heterocycles. The minimum atomic E-state index is -0.970. The van der Waals surface area contributed by atoms with Gasteiger partial charge in [0.15, 0.2) is 11.5 Å². The van der Waals surface area contributed by atoms with Gasteiger partial charge >= 0.3 is 11.8 Å². The smallest absolute Gasteiger partial charge is 0.329 e. The van der Waals surface area contributed by atoms with Crippen molar-refractivity contribution in [3.05, 3.63) is 47.9 Å². The Hall–Kier alpha value is -3.29. The first-order valence-corrected chi connectivity index (χ1v) is 6.22. The fourth-order valence-electron chi connectivity index (χ4n) is 1.52. The van der Waals surface area contributed by atoms with Gasteiger partial charge < -0.3 is 19.9 Å². The number of furan rings is 1. The van der Waals surface area contributed by atoms with Crippen LogP contribution in [0.1, 0.15) is 11.3 Å². The summed E-state index contributed by atoms with van der Waals surface area (Å²) in [6.07, 6.45) is 2.56. The highest BCUT2D eigenvalue weighted by Gasteiger charge is 2.12. The van der Waals surface area contributed by atoms with Crippen molar-refractivity contribution >= 4 is 18.0 Å². The van der Waals surface area contributed by atoms with Crippen LogP contribution in [-0.2, 0) is 16.1 Å². The summed E-state index contributed by atoms with van der Waals surface area (Å²) in [7, 11) is 0. The van der Waals surface area contributed by atoms with Crippen LogP contribution in [0.15, 0.2) is 46.1 Å². The number of rotatable bonds is 4. The number of nitrogens with zero attached hydrogens (tertiary/aromatic N) is 1. The molecule has 1 aromatic carbocycles. The first-order chi connectivity index (χ1) is 10.6. The second-order valence-corrected chi connectivity index (χ2v) is 4.18. The van der Waals surface area contributed by atoms with Gasteiger partial charge in [-0.25, -0.2) is 5.43 Å². The normalized spacial score (nSPS) is 10.5. The molecule has 0 fully saturated rings. The number of para-hydroxylation sites is 1. The molecule has 0 bridgehead atoms. The molecular formula is C14H13N3O5. The molecule has 8 heteroatoms. The number of benzene rings is 1. The van der Waals surface area contributed by atoms with Crippen molar-refractivity contribution in [3.8, 4) is 11.5 Å². The van der Waals surface area contributed by atoms with Crippen molar-refractivity contribution in [2.45, 2.75) is 6.54 Å². The van der Waals surface area contributed by atoms with Crippen LogP contribution in [0.5, 0.6) is 11.5 Å². The highest BCUT2D eigenvalue weighted by atomic mass is 16.3. The zero-order chi connectivity index (χ0) is 15.9. The number of hydrogen-bond acceptors (Lipinski definition) is 6. The monoisotopic (exact) mass is 303 g/mol. The molecule has 114 valence electrons. The van der Waals surface area contributed by atoms with Crippen molar-refractivity contribution in [1.82, 2.24) is 10.7 Å². The van der Waals surface area contributed by atoms with Crippen LogP contribution < -0.4 is 10.7 Å². The Morgan fingerprint density at radius 1 is 1.18 bits per heavy atom. The van der Waals surface area contributed by atoms with E-state index in [9.17, 15) is 19.8 Å². The molecule has 0 aliphatic heterocycles. The Balaban J connectivity index is 1.85. The van der Waals surface area contributed by atoms with E-state index in [1.165, 1.54) is 24.5 Å². The van der Waals surface area contributed by atoms with E-state index >= 15 is 0 Å². The molecule has 2 amide bonds. The molecule has 0 saturated carbocycles. The average molecular weight is 303 g/mol. The lowest BCUT2D eigenvalue weighted by atomic mass is 10.2. The van der Waals surface area contributed by atoms with Crippen molar-refractivity contribution in [1.29, 1.82) is 0 Å². The van der Waals surface area contributed by atoms with Crippen LogP contribution >= 0.6 is 0 Å². The lowest BCUT2D eigenvalue weighted by Gasteiger charge is -2.02. The van der Waals surface area contributed by atoms with Gasteiger partial charge in [0, 0.05) is 5.56 Å². The van der Waals surface area contributed by atoms with Crippen LogP contribution in [0.4, 0.5) is 0 Å². The summed E-state index contributed by atoms with van der Waals surface area (Å²) in [6, 6.07) is 7.58. The zero-order valence-corrected chi connectivity index (χ0v) is 11.3. The van der Waals surface area contributed by atoms with Crippen LogP contribution in [0.2, 0.25) is 0 Å². The van der Waals surface area contributed by atoms with Crippen LogP contribution in [0.25, 0.3) is 0 Å². The SMILES string of the molecule is O=C(NCc1ccco1)C(=O)N/N=C/c1cccc(O)c1O. The first kappa shape index (κ1) is 15.1. The van der Waals surface area contributed by atoms with Crippen molar-refractivity contribution < 1.29 is 24.2 Å². The maximum atomic E-state index is 11.5. The second-order valence-electron chi connectivity index (χ2n) is 4.18. The van der Waals surface area contributed by atoms with E-state index in [1.54, 1.807) is 12.1 Å². The highest BCUT2D eigenvalue weighted by Crippen LogP contribution is 2.26. The van der Waals surface area contributed by atoms with E-state index in [0.29, 0.717) is 5.76 Å². The standard InChI is InChI=1S/C14H13N3O5/c18-11-5-1-3-9(12(11)19)7-16-17-14(21)13(20)15-8-10-4-2-6-22-10/h1-7,18-19H,8H2,(H,15,20)(H,17,21)/b16-7+. The third kappa shape index (κ3) is 3.85. The summed E-state index contributed by atoms with van der Waals surface area (Å²) < 4.78 is 5.00. The summed E-state index contributed by atoms with van der Waals surface area (Å²) in [5.41, 5.74) is 2.19. The van der Waals surface area contributed by atoms with E-state index in [0.717, 1.165) is 6.21 Å². The van der Waals surface area contributed by atoms with Gasteiger partial charge in [0.2, 0.25) is 0 Å². The Morgan fingerprint density at radius 3 is 2.73 bits per heavy atom. The lowest BCUT2D eigenvalue weighted by molar-refractivity contribution is -0.139. The molecule has 2 rings (SSSR count). The second kappa shape index (κ2) is 6.93. The predicted octanol–water partition coefficient (Wildman–Crippen LogP) is 0.457. The Kier molecular flexibility index (Phi) is 4.76. The average Bonchev–Trinajstić information content (AvgIpc) is 3.02. The molecule has 2 aromatic rings. The molecule has 0 aliphatic carbocycles. The van der Waals surface area contributed by atoms with Crippen molar-refractivity contribution in [3.63, 3.8) is 0 Å². The number of amides is 2. The molecule has 1 aromatic heterocycles. The number of hydrazone groups is 1. The number of hydrogen-bond donors (Lipinski definition) is 4. The summed E-state index contributed by atoms with van der Waals surface area (Å²) >= 11 is 0. The maximum Gasteiger partial charge on any atom is 0.329 e. The number of nitrogens with one attached hydrogen (secondary N) is 2. The van der Waals surface area contributed by atoms with Crippen LogP contribution in [-0.4, -0.2) is 28.2 Å². The van der Waals surface area contributed by atoms with Gasteiger partial charge in [0.1, 0.15) is 5.76 Å². The molecule has 0 spiro atoms. The third-order valence-electron chi connectivity index (χ3n) is 2.63. The largest absolute Gasteiger partial charge is 0.504 e. The van der Waals surface area contributed by atoms with E-state index in [4.69, 9.17) is 4.42 Å². The summed E-state index contributed by atoms with van der Waals surface area (Å²) in [5.74, 6) is -2.03. The van der Waals surface area contributed by atoms with Crippen LogP contribution in [0, 0.1) is 0 Å². The highest BCUT2D eigenvalue weighted by molar-refractivity contribution is 6.35. The Bertz CT molecular complexity index is 695. The van der Waals surface area contributed by atoms with E-state index < -0.39 is 11.8 Å².